The number of benzene rings is 10. The smallest absolute Gasteiger partial charge is 0.0540 e. The minimum absolute atomic E-state index is 1.11. The average molecular weight is 786 g/mol. The van der Waals surface area contributed by atoms with Crippen LogP contribution < -0.4 is 4.90 Å². The van der Waals surface area contributed by atoms with Crippen molar-refractivity contribution in [2.24, 2.45) is 0 Å². The summed E-state index contributed by atoms with van der Waals surface area (Å²) in [5.74, 6) is 0. The number of nitrogens with zero attached hydrogens (tertiary/aromatic N) is 1. The first-order valence-electron chi connectivity index (χ1n) is 20.1. The van der Waals surface area contributed by atoms with Gasteiger partial charge in [0.2, 0.25) is 0 Å². The predicted molar refractivity (Wildman–Crippen MR) is 258 cm³/mol. The Labute approximate surface area is 350 Å². The van der Waals surface area contributed by atoms with Crippen molar-refractivity contribution in [1.29, 1.82) is 0 Å². The van der Waals surface area contributed by atoms with Crippen LogP contribution in [0.4, 0.5) is 17.1 Å². The lowest BCUT2D eigenvalue weighted by atomic mass is 9.95. The van der Waals surface area contributed by atoms with Gasteiger partial charge in [-0.15, -0.1) is 22.7 Å². The zero-order chi connectivity index (χ0) is 38.9. The maximum absolute atomic E-state index is 2.45. The van der Waals surface area contributed by atoms with E-state index in [0.717, 1.165) is 17.1 Å². The fourth-order valence-electron chi connectivity index (χ4n) is 8.95. The molecule has 0 spiro atoms. The van der Waals surface area contributed by atoms with Crippen LogP contribution in [0.5, 0.6) is 0 Å². The van der Waals surface area contributed by atoms with Crippen LogP contribution >= 0.6 is 22.7 Å². The standard InChI is InChI=1S/C56H35NS2/c1-2-11-37(12-3-1)49-31-41(42-24-30-54-50(33-42)51-32-39-14-4-5-15-40(39)34-55(51)59-54)23-29-52(49)57(44-27-28-48-47-18-8-9-20-53(47)58-56(48)35-44)43-25-21-38(22-26-43)46-19-10-16-36-13-6-7-17-45(36)46/h1-35H. The summed E-state index contributed by atoms with van der Waals surface area (Å²) in [5.41, 5.74) is 10.6. The Morgan fingerprint density at radius 2 is 0.847 bits per heavy atom. The molecule has 12 rings (SSSR count). The number of rotatable bonds is 6. The Morgan fingerprint density at radius 3 is 1.69 bits per heavy atom. The second-order valence-electron chi connectivity index (χ2n) is 15.3. The zero-order valence-corrected chi connectivity index (χ0v) is 33.6. The molecule has 10 aromatic carbocycles. The topological polar surface area (TPSA) is 3.24 Å². The minimum Gasteiger partial charge on any atom is -0.310 e. The first-order chi connectivity index (χ1) is 29.2. The van der Waals surface area contributed by atoms with Crippen molar-refractivity contribution < 1.29 is 0 Å². The van der Waals surface area contributed by atoms with Crippen molar-refractivity contribution in [3.8, 4) is 33.4 Å². The molecule has 0 amide bonds. The first kappa shape index (κ1) is 34.0. The van der Waals surface area contributed by atoms with E-state index in [4.69, 9.17) is 0 Å². The highest BCUT2D eigenvalue weighted by Crippen LogP contribution is 2.46. The molecule has 0 saturated carbocycles. The van der Waals surface area contributed by atoms with E-state index in [-0.39, 0.29) is 0 Å². The van der Waals surface area contributed by atoms with E-state index in [1.807, 2.05) is 22.7 Å². The number of thiophene rings is 2. The molecular weight excluding hydrogens is 751 g/mol. The van der Waals surface area contributed by atoms with Gasteiger partial charge in [0.1, 0.15) is 0 Å². The molecular formula is C56H35NS2. The van der Waals surface area contributed by atoms with Crippen molar-refractivity contribution in [2.75, 3.05) is 4.90 Å². The molecule has 1 nitrogen and oxygen atoms in total. The van der Waals surface area contributed by atoms with Crippen molar-refractivity contribution in [3.63, 3.8) is 0 Å². The molecule has 0 radical (unpaired) electrons. The first-order valence-corrected chi connectivity index (χ1v) is 21.7. The predicted octanol–water partition coefficient (Wildman–Crippen LogP) is 17.2. The third-order valence-corrected chi connectivity index (χ3v) is 14.1. The molecule has 0 aliphatic heterocycles. The van der Waals surface area contributed by atoms with Crippen molar-refractivity contribution >= 4 is 102 Å². The van der Waals surface area contributed by atoms with Crippen LogP contribution in [-0.4, -0.2) is 0 Å². The van der Waals surface area contributed by atoms with Crippen LogP contribution in [0.1, 0.15) is 0 Å². The normalized spacial score (nSPS) is 11.7. The second-order valence-corrected chi connectivity index (χ2v) is 17.5. The molecule has 2 aromatic heterocycles. The highest BCUT2D eigenvalue weighted by Gasteiger charge is 2.20. The molecule has 2 heterocycles. The fourth-order valence-corrected chi connectivity index (χ4v) is 11.2. The molecule has 0 saturated heterocycles. The average Bonchev–Trinajstić information content (AvgIpc) is 3.85. The van der Waals surface area contributed by atoms with E-state index in [0.29, 0.717) is 0 Å². The molecule has 0 aliphatic rings. The fraction of sp³-hybridized carbons (Fsp3) is 0. The van der Waals surface area contributed by atoms with E-state index < -0.39 is 0 Å². The summed E-state index contributed by atoms with van der Waals surface area (Å²) in [6.45, 7) is 0. The van der Waals surface area contributed by atoms with Crippen molar-refractivity contribution in [3.05, 3.63) is 212 Å². The van der Waals surface area contributed by atoms with Gasteiger partial charge in [-0.05, 0) is 116 Å². The summed E-state index contributed by atoms with van der Waals surface area (Å²) in [4.78, 5) is 2.45. The molecule has 0 bridgehead atoms. The van der Waals surface area contributed by atoms with Gasteiger partial charge in [-0.3, -0.25) is 0 Å². The van der Waals surface area contributed by atoms with Gasteiger partial charge >= 0.3 is 0 Å². The van der Waals surface area contributed by atoms with Gasteiger partial charge in [-0.1, -0.05) is 146 Å². The van der Waals surface area contributed by atoms with Gasteiger partial charge in [-0.25, -0.2) is 0 Å². The summed E-state index contributed by atoms with van der Waals surface area (Å²) in [5, 5.41) is 10.3. The lowest BCUT2D eigenvalue weighted by Gasteiger charge is -2.29. The zero-order valence-electron chi connectivity index (χ0n) is 32.0. The van der Waals surface area contributed by atoms with E-state index >= 15 is 0 Å². The lowest BCUT2D eigenvalue weighted by Crippen LogP contribution is -2.11. The summed E-state index contributed by atoms with van der Waals surface area (Å²) < 4.78 is 5.23. The Kier molecular flexibility index (Phi) is 7.97. The van der Waals surface area contributed by atoms with Crippen LogP contribution in [0.2, 0.25) is 0 Å². The molecule has 0 aliphatic carbocycles. The third-order valence-electron chi connectivity index (χ3n) is 11.8. The molecule has 3 heteroatoms. The van der Waals surface area contributed by atoms with Crippen molar-refractivity contribution in [1.82, 2.24) is 0 Å². The monoisotopic (exact) mass is 785 g/mol. The van der Waals surface area contributed by atoms with Crippen LogP contribution in [0.15, 0.2) is 212 Å². The molecule has 0 fully saturated rings. The highest BCUT2D eigenvalue weighted by molar-refractivity contribution is 7.26. The largest absolute Gasteiger partial charge is 0.310 e. The molecule has 0 atom stereocenters. The summed E-state index contributed by atoms with van der Waals surface area (Å²) in [6, 6.07) is 78.4. The van der Waals surface area contributed by atoms with Crippen LogP contribution in [-0.2, 0) is 0 Å². The van der Waals surface area contributed by atoms with Crippen LogP contribution in [0.25, 0.3) is 95.3 Å². The Morgan fingerprint density at radius 1 is 0.271 bits per heavy atom. The number of hydrogen-bond donors (Lipinski definition) is 0. The maximum atomic E-state index is 2.45. The van der Waals surface area contributed by atoms with Crippen LogP contribution in [0, 0.1) is 0 Å². The second kappa shape index (κ2) is 13.8. The molecule has 276 valence electrons. The minimum atomic E-state index is 1.11. The molecule has 59 heavy (non-hydrogen) atoms. The van der Waals surface area contributed by atoms with Crippen molar-refractivity contribution in [2.45, 2.75) is 0 Å². The number of fused-ring (bicyclic) bond motifs is 8. The van der Waals surface area contributed by atoms with E-state index in [2.05, 4.69) is 217 Å². The van der Waals surface area contributed by atoms with Gasteiger partial charge in [0.15, 0.2) is 0 Å². The summed E-state index contributed by atoms with van der Waals surface area (Å²) >= 11 is 3.74. The van der Waals surface area contributed by atoms with E-state index in [9.17, 15) is 0 Å². The maximum Gasteiger partial charge on any atom is 0.0540 e. The van der Waals surface area contributed by atoms with Gasteiger partial charge in [0.25, 0.3) is 0 Å². The lowest BCUT2D eigenvalue weighted by molar-refractivity contribution is 1.29. The third kappa shape index (κ3) is 5.81. The van der Waals surface area contributed by atoms with Crippen LogP contribution in [0.3, 0.4) is 0 Å². The molecule has 0 unspecified atom stereocenters. The molecule has 0 N–H and O–H groups in total. The molecule has 12 aromatic rings. The van der Waals surface area contributed by atoms with Gasteiger partial charge in [0, 0.05) is 57.3 Å². The van der Waals surface area contributed by atoms with Gasteiger partial charge in [0.05, 0.1) is 5.69 Å². The quantitative estimate of drug-likeness (QED) is 0.162. The van der Waals surface area contributed by atoms with E-state index in [1.165, 1.54) is 95.3 Å². The van der Waals surface area contributed by atoms with E-state index in [1.54, 1.807) is 0 Å². The van der Waals surface area contributed by atoms with Gasteiger partial charge < -0.3 is 4.90 Å². The van der Waals surface area contributed by atoms with Gasteiger partial charge in [-0.2, -0.15) is 0 Å². The summed E-state index contributed by atoms with van der Waals surface area (Å²) in [6.07, 6.45) is 0. The number of hydrogen-bond acceptors (Lipinski definition) is 3. The number of anilines is 3. The Hall–Kier alpha value is -7.04. The highest BCUT2D eigenvalue weighted by atomic mass is 32.1. The Balaban J connectivity index is 1.04. The summed E-state index contributed by atoms with van der Waals surface area (Å²) in [7, 11) is 0. The Bertz CT molecular complexity index is 3550. The SMILES string of the molecule is c1ccc(-c2cc(-c3ccc4sc5cc6ccccc6cc5c4c3)ccc2N(c2ccc(-c3cccc4ccccc34)cc2)c2ccc3c(c2)sc2ccccc23)cc1.